The molecule has 24 heavy (non-hydrogen) atoms. The highest BCUT2D eigenvalue weighted by Crippen LogP contribution is 2.34. The van der Waals surface area contributed by atoms with E-state index in [9.17, 15) is 9.59 Å². The molecule has 0 spiro atoms. The first kappa shape index (κ1) is 16.0. The molecule has 3 rings (SSSR count). The number of nitrogens with zero attached hydrogens (tertiary/aromatic N) is 2. The fourth-order valence-electron chi connectivity index (χ4n) is 3.26. The molecule has 0 amide bonds. The lowest BCUT2D eigenvalue weighted by Crippen LogP contribution is -2.17. The summed E-state index contributed by atoms with van der Waals surface area (Å²) in [5.41, 5.74) is 7.56. The Morgan fingerprint density at radius 1 is 1.42 bits per heavy atom. The number of nitrogen functional groups attached to an aromatic ring is 1. The molecule has 0 saturated carbocycles. The van der Waals surface area contributed by atoms with E-state index in [0.29, 0.717) is 16.9 Å². The lowest BCUT2D eigenvalue weighted by atomic mass is 9.95. The molecule has 0 fully saturated rings. The summed E-state index contributed by atoms with van der Waals surface area (Å²) in [5.74, 6) is 0.0372. The topological polar surface area (TPSA) is 112 Å². The molecular formula is C17H20N4O3. The average Bonchev–Trinajstić information content (AvgIpc) is 2.84. The second-order valence-electron chi connectivity index (χ2n) is 6.16. The molecule has 1 aromatic carbocycles. The molecule has 0 radical (unpaired) electrons. The summed E-state index contributed by atoms with van der Waals surface area (Å²) >= 11 is 0. The van der Waals surface area contributed by atoms with E-state index in [0.717, 1.165) is 31.4 Å². The van der Waals surface area contributed by atoms with Gasteiger partial charge in [0.1, 0.15) is 5.82 Å². The summed E-state index contributed by atoms with van der Waals surface area (Å²) in [6.45, 7) is 0.757. The maximum atomic E-state index is 12.2. The van der Waals surface area contributed by atoms with Crippen LogP contribution in [0, 0.1) is 0 Å². The first-order valence-electron chi connectivity index (χ1n) is 7.88. The summed E-state index contributed by atoms with van der Waals surface area (Å²) in [4.78, 5) is 31.8. The molecule has 1 atom stereocenters. The van der Waals surface area contributed by atoms with Crippen LogP contribution in [0.25, 0.3) is 0 Å². The van der Waals surface area contributed by atoms with Crippen molar-refractivity contribution >= 4 is 17.7 Å². The highest BCUT2D eigenvalue weighted by atomic mass is 16.4. The Morgan fingerprint density at radius 3 is 2.79 bits per heavy atom. The highest BCUT2D eigenvalue weighted by Gasteiger charge is 2.30. The van der Waals surface area contributed by atoms with Crippen LogP contribution in [0.4, 0.5) is 11.8 Å². The first-order valence-corrected chi connectivity index (χ1v) is 7.88. The second kappa shape index (κ2) is 6.35. The van der Waals surface area contributed by atoms with Gasteiger partial charge in [-0.25, -0.2) is 4.79 Å². The second-order valence-corrected chi connectivity index (χ2v) is 6.16. The molecule has 0 aliphatic carbocycles. The van der Waals surface area contributed by atoms with Gasteiger partial charge in [-0.2, -0.15) is 4.98 Å². The molecule has 7 nitrogen and oxygen atoms in total. The summed E-state index contributed by atoms with van der Waals surface area (Å²) in [6, 6.07) is 6.92. The van der Waals surface area contributed by atoms with Gasteiger partial charge in [0.15, 0.2) is 0 Å². The molecule has 126 valence electrons. The number of carboxylic acids is 1. The van der Waals surface area contributed by atoms with E-state index in [-0.39, 0.29) is 17.4 Å². The number of aryl methyl sites for hydroxylation is 1. The number of carbonyl (C=O) groups is 1. The van der Waals surface area contributed by atoms with Crippen LogP contribution in [0.1, 0.15) is 40.2 Å². The number of aromatic amines is 1. The summed E-state index contributed by atoms with van der Waals surface area (Å²) in [7, 11) is 1.91. The van der Waals surface area contributed by atoms with Gasteiger partial charge in [-0.05, 0) is 37.0 Å². The summed E-state index contributed by atoms with van der Waals surface area (Å²) in [6.07, 6.45) is 2.62. The third-order valence-electron chi connectivity index (χ3n) is 4.44. The number of anilines is 2. The monoisotopic (exact) mass is 328 g/mol. The van der Waals surface area contributed by atoms with Crippen molar-refractivity contribution in [2.45, 2.75) is 25.2 Å². The van der Waals surface area contributed by atoms with Gasteiger partial charge in [0.05, 0.1) is 11.1 Å². The molecule has 1 unspecified atom stereocenters. The van der Waals surface area contributed by atoms with E-state index in [2.05, 4.69) is 9.97 Å². The van der Waals surface area contributed by atoms with Crippen LogP contribution >= 0.6 is 0 Å². The van der Waals surface area contributed by atoms with Gasteiger partial charge in [0.2, 0.25) is 5.95 Å². The van der Waals surface area contributed by atoms with Gasteiger partial charge in [-0.15, -0.1) is 0 Å². The molecule has 1 aliphatic heterocycles. The Labute approximate surface area is 139 Å². The van der Waals surface area contributed by atoms with Crippen molar-refractivity contribution in [1.29, 1.82) is 0 Å². The van der Waals surface area contributed by atoms with E-state index in [4.69, 9.17) is 10.8 Å². The van der Waals surface area contributed by atoms with Crippen molar-refractivity contribution in [2.75, 3.05) is 24.2 Å². The minimum Gasteiger partial charge on any atom is -0.478 e. The standard InChI is InChI=1S/C17H20N4O3/c1-21-9-12(13-14(21)19-17(18)20-15(13)22)4-2-3-10-5-7-11(8-6-10)16(23)24/h5-8,12H,2-4,9H2,1H3,(H,23,24)(H3,18,19,20,22). The highest BCUT2D eigenvalue weighted by molar-refractivity contribution is 5.87. The van der Waals surface area contributed by atoms with Crippen LogP contribution in [0.2, 0.25) is 0 Å². The molecule has 7 heteroatoms. The maximum Gasteiger partial charge on any atom is 0.335 e. The number of likely N-dealkylation sites (N-methyl/N-ethyl adjacent to an activating group) is 1. The van der Waals surface area contributed by atoms with Gasteiger partial charge >= 0.3 is 5.97 Å². The van der Waals surface area contributed by atoms with E-state index >= 15 is 0 Å². The number of nitrogens with two attached hydrogens (primary N) is 1. The maximum absolute atomic E-state index is 12.2. The zero-order valence-electron chi connectivity index (χ0n) is 13.5. The molecule has 1 aromatic heterocycles. The normalized spacial score (nSPS) is 16.2. The zero-order chi connectivity index (χ0) is 17.3. The predicted molar refractivity (Wildman–Crippen MR) is 91.6 cm³/mol. The number of H-pyrrole nitrogens is 1. The number of carboxylic acid groups (broad SMARTS) is 1. The van der Waals surface area contributed by atoms with Crippen LogP contribution in [-0.4, -0.2) is 34.6 Å². The molecule has 4 N–H and O–H groups in total. The first-order chi connectivity index (χ1) is 11.5. The van der Waals surface area contributed by atoms with Gasteiger partial charge in [0, 0.05) is 19.5 Å². The number of rotatable bonds is 5. The average molecular weight is 328 g/mol. The Morgan fingerprint density at radius 2 is 2.12 bits per heavy atom. The van der Waals surface area contributed by atoms with E-state index in [1.165, 1.54) is 0 Å². The number of aromatic nitrogens is 2. The number of hydrogen-bond acceptors (Lipinski definition) is 5. The quantitative estimate of drug-likeness (QED) is 0.768. The molecule has 0 bridgehead atoms. The minimum absolute atomic E-state index is 0.139. The van der Waals surface area contributed by atoms with Crippen molar-refractivity contribution in [3.8, 4) is 0 Å². The van der Waals surface area contributed by atoms with Gasteiger partial charge in [0.25, 0.3) is 5.56 Å². The van der Waals surface area contributed by atoms with Crippen LogP contribution in [0.15, 0.2) is 29.1 Å². The number of nitrogens with one attached hydrogen (secondary N) is 1. The molecule has 2 aromatic rings. The van der Waals surface area contributed by atoms with Crippen molar-refractivity contribution in [2.24, 2.45) is 0 Å². The summed E-state index contributed by atoms with van der Waals surface area (Å²) in [5, 5.41) is 8.91. The smallest absolute Gasteiger partial charge is 0.335 e. The van der Waals surface area contributed by atoms with Gasteiger partial charge in [-0.3, -0.25) is 9.78 Å². The minimum atomic E-state index is -0.918. The van der Waals surface area contributed by atoms with Crippen LogP contribution in [0.3, 0.4) is 0 Å². The Bertz CT molecular complexity index is 814. The third-order valence-corrected chi connectivity index (χ3v) is 4.44. The molecular weight excluding hydrogens is 308 g/mol. The largest absolute Gasteiger partial charge is 0.478 e. The van der Waals surface area contributed by atoms with Crippen molar-refractivity contribution in [1.82, 2.24) is 9.97 Å². The van der Waals surface area contributed by atoms with E-state index in [1.54, 1.807) is 12.1 Å². The fraction of sp³-hybridized carbons (Fsp3) is 0.353. The van der Waals surface area contributed by atoms with Crippen molar-refractivity contribution < 1.29 is 9.90 Å². The molecule has 1 aliphatic rings. The number of aromatic carboxylic acids is 1. The van der Waals surface area contributed by atoms with Crippen LogP contribution in [-0.2, 0) is 6.42 Å². The van der Waals surface area contributed by atoms with Crippen molar-refractivity contribution in [3.63, 3.8) is 0 Å². The summed E-state index contributed by atoms with van der Waals surface area (Å²) < 4.78 is 0. The van der Waals surface area contributed by atoms with Crippen molar-refractivity contribution in [3.05, 3.63) is 51.3 Å². The molecule has 2 heterocycles. The van der Waals surface area contributed by atoms with E-state index in [1.807, 2.05) is 24.1 Å². The SMILES string of the molecule is CN1CC(CCCc2ccc(C(=O)O)cc2)c2c1nc(N)[nH]c2=O. The molecule has 0 saturated heterocycles. The third kappa shape index (κ3) is 3.10. The van der Waals surface area contributed by atoms with Gasteiger partial charge in [-0.1, -0.05) is 12.1 Å². The Hall–Kier alpha value is -2.83. The lowest BCUT2D eigenvalue weighted by Gasteiger charge is -2.11. The van der Waals surface area contributed by atoms with Crippen LogP contribution < -0.4 is 16.2 Å². The Balaban J connectivity index is 1.65. The number of fused-ring (bicyclic) bond motifs is 1. The van der Waals surface area contributed by atoms with Gasteiger partial charge < -0.3 is 15.7 Å². The predicted octanol–water partition coefficient (Wildman–Crippen LogP) is 1.61. The Kier molecular flexibility index (Phi) is 4.24. The zero-order valence-corrected chi connectivity index (χ0v) is 13.5. The lowest BCUT2D eigenvalue weighted by molar-refractivity contribution is 0.0697. The number of hydrogen-bond donors (Lipinski definition) is 3. The fourth-order valence-corrected chi connectivity index (χ4v) is 3.26. The van der Waals surface area contributed by atoms with E-state index < -0.39 is 5.97 Å². The number of benzene rings is 1. The van der Waals surface area contributed by atoms with Crippen LogP contribution in [0.5, 0.6) is 0 Å².